The molecule has 0 spiro atoms. The first kappa shape index (κ1) is 15.9. The van der Waals surface area contributed by atoms with Gasteiger partial charge in [0.15, 0.2) is 0 Å². The molecule has 108 valence electrons. The Morgan fingerprint density at radius 1 is 1.45 bits per heavy atom. The molecule has 0 bridgehead atoms. The number of benzene rings is 1. The van der Waals surface area contributed by atoms with E-state index in [-0.39, 0.29) is 11.9 Å². The molecule has 1 aromatic carbocycles. The van der Waals surface area contributed by atoms with Crippen molar-refractivity contribution in [2.75, 3.05) is 13.2 Å². The molecule has 0 aliphatic heterocycles. The van der Waals surface area contributed by atoms with Crippen LogP contribution < -0.4 is 5.32 Å². The highest BCUT2D eigenvalue weighted by Gasteiger charge is 2.09. The molecule has 2 N–H and O–H groups in total. The number of nitrogens with one attached hydrogen (secondary N) is 1. The summed E-state index contributed by atoms with van der Waals surface area (Å²) in [4.78, 5) is 22.5. The van der Waals surface area contributed by atoms with E-state index in [1.807, 2.05) is 13.8 Å². The van der Waals surface area contributed by atoms with Gasteiger partial charge in [0.2, 0.25) is 0 Å². The molecule has 0 aromatic heterocycles. The van der Waals surface area contributed by atoms with Crippen molar-refractivity contribution >= 4 is 18.0 Å². The summed E-state index contributed by atoms with van der Waals surface area (Å²) >= 11 is 0. The number of carboxylic acid groups (broad SMARTS) is 1. The van der Waals surface area contributed by atoms with Crippen molar-refractivity contribution in [2.24, 2.45) is 0 Å². The number of ether oxygens (including phenoxy) is 1. The van der Waals surface area contributed by atoms with Crippen LogP contribution in [0.3, 0.4) is 0 Å². The normalized spacial score (nSPS) is 12.3. The summed E-state index contributed by atoms with van der Waals surface area (Å²) in [5.74, 6) is -1.23. The molecule has 1 amide bonds. The van der Waals surface area contributed by atoms with Crippen LogP contribution in [0, 0.1) is 0 Å². The first-order valence-corrected chi connectivity index (χ1v) is 6.42. The zero-order chi connectivity index (χ0) is 15.0. The fraction of sp³-hybridized carbons (Fsp3) is 0.333. The molecule has 20 heavy (non-hydrogen) atoms. The van der Waals surface area contributed by atoms with Gasteiger partial charge in [-0.3, -0.25) is 4.79 Å². The maximum atomic E-state index is 12.0. The van der Waals surface area contributed by atoms with E-state index in [1.165, 1.54) is 6.08 Å². The van der Waals surface area contributed by atoms with E-state index in [9.17, 15) is 9.59 Å². The maximum Gasteiger partial charge on any atom is 0.328 e. The highest BCUT2D eigenvalue weighted by atomic mass is 16.5. The van der Waals surface area contributed by atoms with Gasteiger partial charge in [0, 0.05) is 24.3 Å². The van der Waals surface area contributed by atoms with E-state index >= 15 is 0 Å². The van der Waals surface area contributed by atoms with Crippen LogP contribution in [0.1, 0.15) is 29.8 Å². The Hall–Kier alpha value is -2.14. The third-order valence-corrected chi connectivity index (χ3v) is 2.52. The fourth-order valence-corrected chi connectivity index (χ4v) is 1.59. The summed E-state index contributed by atoms with van der Waals surface area (Å²) in [7, 11) is 0. The lowest BCUT2D eigenvalue weighted by atomic mass is 10.1. The Morgan fingerprint density at radius 3 is 2.85 bits per heavy atom. The molecule has 1 atom stereocenters. The molecule has 0 saturated heterocycles. The van der Waals surface area contributed by atoms with E-state index in [1.54, 1.807) is 24.3 Å². The van der Waals surface area contributed by atoms with Crippen LogP contribution in [0.2, 0.25) is 0 Å². The number of hydrogen-bond donors (Lipinski definition) is 2. The second kappa shape index (κ2) is 8.12. The molecular formula is C15H19NO4. The fourth-order valence-electron chi connectivity index (χ4n) is 1.59. The average molecular weight is 277 g/mol. The number of hydrogen-bond acceptors (Lipinski definition) is 3. The van der Waals surface area contributed by atoms with Gasteiger partial charge in [-0.2, -0.15) is 0 Å². The van der Waals surface area contributed by atoms with Gasteiger partial charge >= 0.3 is 5.97 Å². The second-order valence-electron chi connectivity index (χ2n) is 4.33. The van der Waals surface area contributed by atoms with Crippen LogP contribution in [-0.4, -0.2) is 36.2 Å². The molecule has 0 fully saturated rings. The van der Waals surface area contributed by atoms with Crippen LogP contribution in [0.5, 0.6) is 0 Å². The average Bonchev–Trinajstić information content (AvgIpc) is 2.43. The molecule has 5 heteroatoms. The van der Waals surface area contributed by atoms with Gasteiger partial charge in [0.1, 0.15) is 0 Å². The van der Waals surface area contributed by atoms with Gasteiger partial charge in [0.25, 0.3) is 5.91 Å². The Kier molecular flexibility index (Phi) is 6.46. The SMILES string of the molecule is CCOCC(C)NC(=O)c1cccc(C=CC(=O)O)c1. The standard InChI is InChI=1S/C15H19NO4/c1-3-20-10-11(2)16-15(19)13-6-4-5-12(9-13)7-8-14(17)18/h4-9,11H,3,10H2,1-2H3,(H,16,19)(H,17,18). The Bertz CT molecular complexity index is 496. The van der Waals surface area contributed by atoms with Crippen LogP contribution >= 0.6 is 0 Å². The van der Waals surface area contributed by atoms with Crippen LogP contribution in [0.25, 0.3) is 6.08 Å². The summed E-state index contributed by atoms with van der Waals surface area (Å²) in [6.07, 6.45) is 2.48. The molecule has 0 saturated carbocycles. The van der Waals surface area contributed by atoms with Crippen LogP contribution in [-0.2, 0) is 9.53 Å². The largest absolute Gasteiger partial charge is 0.478 e. The highest BCUT2D eigenvalue weighted by Crippen LogP contribution is 2.07. The Morgan fingerprint density at radius 2 is 2.20 bits per heavy atom. The zero-order valence-electron chi connectivity index (χ0n) is 11.6. The predicted octanol–water partition coefficient (Wildman–Crippen LogP) is 1.94. The molecular weight excluding hydrogens is 258 g/mol. The van der Waals surface area contributed by atoms with Gasteiger partial charge in [-0.15, -0.1) is 0 Å². The topological polar surface area (TPSA) is 75.6 Å². The van der Waals surface area contributed by atoms with Gasteiger partial charge < -0.3 is 15.2 Å². The lowest BCUT2D eigenvalue weighted by molar-refractivity contribution is -0.131. The van der Waals surface area contributed by atoms with E-state index in [2.05, 4.69) is 5.32 Å². The molecule has 5 nitrogen and oxygen atoms in total. The maximum absolute atomic E-state index is 12.0. The van der Waals surface area contributed by atoms with Crippen molar-refractivity contribution in [2.45, 2.75) is 19.9 Å². The van der Waals surface area contributed by atoms with Crippen molar-refractivity contribution in [3.8, 4) is 0 Å². The lowest BCUT2D eigenvalue weighted by Crippen LogP contribution is -2.35. The number of rotatable bonds is 7. The van der Waals surface area contributed by atoms with Gasteiger partial charge in [0.05, 0.1) is 6.61 Å². The molecule has 0 radical (unpaired) electrons. The Labute approximate surface area is 118 Å². The first-order valence-electron chi connectivity index (χ1n) is 6.42. The number of amides is 1. The zero-order valence-corrected chi connectivity index (χ0v) is 11.6. The summed E-state index contributed by atoms with van der Waals surface area (Å²) in [6, 6.07) is 6.69. The molecule has 0 heterocycles. The van der Waals surface area contributed by atoms with E-state index in [0.717, 1.165) is 6.08 Å². The van der Waals surface area contributed by atoms with Crippen LogP contribution in [0.15, 0.2) is 30.3 Å². The summed E-state index contributed by atoms with van der Waals surface area (Å²) in [5, 5.41) is 11.4. The highest BCUT2D eigenvalue weighted by molar-refractivity contribution is 5.95. The quantitative estimate of drug-likeness (QED) is 0.747. The van der Waals surface area contributed by atoms with Crippen molar-refractivity contribution in [3.63, 3.8) is 0 Å². The molecule has 1 rings (SSSR count). The second-order valence-corrected chi connectivity index (χ2v) is 4.33. The first-order chi connectivity index (χ1) is 9.52. The predicted molar refractivity (Wildman–Crippen MR) is 76.5 cm³/mol. The number of carbonyl (C=O) groups is 2. The minimum Gasteiger partial charge on any atom is -0.478 e. The monoisotopic (exact) mass is 277 g/mol. The smallest absolute Gasteiger partial charge is 0.328 e. The van der Waals surface area contributed by atoms with Crippen molar-refractivity contribution in [3.05, 3.63) is 41.5 Å². The number of carbonyl (C=O) groups excluding carboxylic acids is 1. The van der Waals surface area contributed by atoms with Crippen molar-refractivity contribution in [1.82, 2.24) is 5.32 Å². The summed E-state index contributed by atoms with van der Waals surface area (Å²) in [5.41, 5.74) is 1.15. The minimum absolute atomic E-state index is 0.0827. The third kappa shape index (κ3) is 5.67. The van der Waals surface area contributed by atoms with E-state index < -0.39 is 5.97 Å². The van der Waals surface area contributed by atoms with E-state index in [4.69, 9.17) is 9.84 Å². The van der Waals surface area contributed by atoms with Gasteiger partial charge in [-0.25, -0.2) is 4.79 Å². The summed E-state index contributed by atoms with van der Waals surface area (Å²) < 4.78 is 5.23. The van der Waals surface area contributed by atoms with Gasteiger partial charge in [-0.05, 0) is 37.6 Å². The van der Waals surface area contributed by atoms with Crippen molar-refractivity contribution < 1.29 is 19.4 Å². The number of carboxylic acids is 1. The van der Waals surface area contributed by atoms with Gasteiger partial charge in [-0.1, -0.05) is 12.1 Å². The minimum atomic E-state index is -1.02. The Balaban J connectivity index is 2.68. The van der Waals surface area contributed by atoms with E-state index in [0.29, 0.717) is 24.3 Å². The molecule has 1 unspecified atom stereocenters. The molecule has 0 aliphatic rings. The lowest BCUT2D eigenvalue weighted by Gasteiger charge is -2.13. The molecule has 1 aromatic rings. The van der Waals surface area contributed by atoms with Crippen molar-refractivity contribution in [1.29, 1.82) is 0 Å². The van der Waals surface area contributed by atoms with Crippen LogP contribution in [0.4, 0.5) is 0 Å². The summed E-state index contributed by atoms with van der Waals surface area (Å²) in [6.45, 7) is 4.82. The molecule has 0 aliphatic carbocycles. The third-order valence-electron chi connectivity index (χ3n) is 2.52. The number of aliphatic carboxylic acids is 1.